The molecule has 3 aromatic rings. The van der Waals surface area contributed by atoms with Gasteiger partial charge in [0.05, 0.1) is 0 Å². The van der Waals surface area contributed by atoms with Crippen molar-refractivity contribution in [3.05, 3.63) is 75.0 Å². The Bertz CT molecular complexity index is 997. The summed E-state index contributed by atoms with van der Waals surface area (Å²) in [6.45, 7) is 2.16. The first-order valence-corrected chi connectivity index (χ1v) is 8.21. The van der Waals surface area contributed by atoms with Crippen LogP contribution in [0.2, 0.25) is 5.02 Å². The minimum atomic E-state index is -0.269. The summed E-state index contributed by atoms with van der Waals surface area (Å²) in [5.41, 5.74) is 2.84. The predicted octanol–water partition coefficient (Wildman–Crippen LogP) is 4.15. The van der Waals surface area contributed by atoms with Crippen LogP contribution in [-0.4, -0.2) is 23.0 Å². The van der Waals surface area contributed by atoms with Gasteiger partial charge in [-0.2, -0.15) is 0 Å². The van der Waals surface area contributed by atoms with Crippen LogP contribution in [0.3, 0.4) is 0 Å². The number of fused-ring (bicyclic) bond motifs is 1. The lowest BCUT2D eigenvalue weighted by molar-refractivity contribution is 0.221. The first kappa shape index (κ1) is 17.0. The molecule has 1 heterocycles. The number of carbonyl (C=O) groups is 1. The van der Waals surface area contributed by atoms with E-state index in [1.165, 1.54) is 11.0 Å². The molecule has 2 amide bonds. The van der Waals surface area contributed by atoms with E-state index < -0.39 is 0 Å². The van der Waals surface area contributed by atoms with Gasteiger partial charge in [-0.1, -0.05) is 35.9 Å². The number of urea groups is 1. The summed E-state index contributed by atoms with van der Waals surface area (Å²) in [5.74, 6) is 0. The molecule has 0 aliphatic heterocycles. The molecule has 0 atom stereocenters. The molecule has 25 heavy (non-hydrogen) atoms. The van der Waals surface area contributed by atoms with Crippen molar-refractivity contribution in [1.82, 2.24) is 9.88 Å². The Labute approximate surface area is 150 Å². The maximum Gasteiger partial charge on any atom is 0.321 e. The highest BCUT2D eigenvalue weighted by molar-refractivity contribution is 6.31. The molecule has 0 unspecified atom stereocenters. The van der Waals surface area contributed by atoms with E-state index in [0.717, 1.165) is 22.0 Å². The minimum Gasteiger partial charge on any atom is -0.323 e. The molecule has 0 aliphatic rings. The van der Waals surface area contributed by atoms with Gasteiger partial charge in [-0.05, 0) is 36.2 Å². The molecule has 0 fully saturated rings. The number of hydrogen-bond acceptors (Lipinski definition) is 2. The third kappa shape index (κ3) is 3.67. The number of aromatic nitrogens is 1. The molecular weight excluding hydrogens is 338 g/mol. The number of nitrogens with zero attached hydrogens (tertiary/aromatic N) is 1. The molecule has 128 valence electrons. The van der Waals surface area contributed by atoms with Crippen molar-refractivity contribution in [2.75, 3.05) is 12.4 Å². The fourth-order valence-electron chi connectivity index (χ4n) is 2.69. The number of nitrogens with one attached hydrogen (secondary N) is 2. The molecule has 5 nitrogen and oxygen atoms in total. The van der Waals surface area contributed by atoms with Crippen LogP contribution in [0, 0.1) is 6.92 Å². The molecule has 0 bridgehead atoms. The Morgan fingerprint density at radius 3 is 2.76 bits per heavy atom. The molecule has 2 aromatic carbocycles. The number of carbonyl (C=O) groups excluding carboxylic acids is 1. The lowest BCUT2D eigenvalue weighted by Crippen LogP contribution is -2.31. The highest BCUT2D eigenvalue weighted by atomic mass is 35.5. The van der Waals surface area contributed by atoms with Gasteiger partial charge in [0.2, 0.25) is 5.56 Å². The van der Waals surface area contributed by atoms with E-state index >= 15 is 0 Å². The third-order valence-corrected chi connectivity index (χ3v) is 4.51. The van der Waals surface area contributed by atoms with Gasteiger partial charge in [-0.15, -0.1) is 0 Å². The van der Waals surface area contributed by atoms with E-state index in [2.05, 4.69) is 10.3 Å². The summed E-state index contributed by atoms with van der Waals surface area (Å²) in [6.07, 6.45) is 0. The van der Waals surface area contributed by atoms with Gasteiger partial charge in [-0.3, -0.25) is 4.79 Å². The van der Waals surface area contributed by atoms with E-state index in [1.54, 1.807) is 25.2 Å². The molecule has 2 N–H and O–H groups in total. The fourth-order valence-corrected chi connectivity index (χ4v) is 2.86. The van der Waals surface area contributed by atoms with Crippen molar-refractivity contribution < 1.29 is 4.79 Å². The summed E-state index contributed by atoms with van der Waals surface area (Å²) in [5, 5.41) is 4.37. The monoisotopic (exact) mass is 355 g/mol. The van der Waals surface area contributed by atoms with Gasteiger partial charge < -0.3 is 15.2 Å². The molecule has 3 rings (SSSR count). The molecular formula is C19H18ClN3O2. The van der Waals surface area contributed by atoms with Crippen LogP contribution in [0.25, 0.3) is 10.9 Å². The average molecular weight is 356 g/mol. The summed E-state index contributed by atoms with van der Waals surface area (Å²) < 4.78 is 0. The second-order valence-corrected chi connectivity index (χ2v) is 6.31. The van der Waals surface area contributed by atoms with Gasteiger partial charge in [0.1, 0.15) is 0 Å². The summed E-state index contributed by atoms with van der Waals surface area (Å²) in [6, 6.07) is 14.2. The standard InChI is InChI=1S/C19H18ClN3O2/c1-12-15(20)7-5-9-16(12)22-19(25)23(2)11-13-10-18(24)21-17-8-4-3-6-14(13)17/h3-10H,11H2,1-2H3,(H,21,24)(H,22,25). The Morgan fingerprint density at radius 2 is 1.96 bits per heavy atom. The number of rotatable bonds is 3. The highest BCUT2D eigenvalue weighted by Crippen LogP contribution is 2.23. The number of pyridine rings is 1. The molecule has 0 radical (unpaired) electrons. The van der Waals surface area contributed by atoms with Crippen LogP contribution in [0.5, 0.6) is 0 Å². The maximum absolute atomic E-state index is 12.5. The van der Waals surface area contributed by atoms with Gasteiger partial charge in [-0.25, -0.2) is 4.79 Å². The van der Waals surface area contributed by atoms with Crippen molar-refractivity contribution in [2.24, 2.45) is 0 Å². The Kier molecular flexibility index (Phi) is 4.76. The largest absolute Gasteiger partial charge is 0.323 e. The number of H-pyrrole nitrogens is 1. The van der Waals surface area contributed by atoms with Crippen LogP contribution < -0.4 is 10.9 Å². The quantitative estimate of drug-likeness (QED) is 0.741. The van der Waals surface area contributed by atoms with Crippen LogP contribution in [0.15, 0.2) is 53.3 Å². The van der Waals surface area contributed by atoms with Crippen LogP contribution >= 0.6 is 11.6 Å². The van der Waals surface area contributed by atoms with Gasteiger partial charge in [0.25, 0.3) is 0 Å². The van der Waals surface area contributed by atoms with Crippen molar-refractivity contribution in [2.45, 2.75) is 13.5 Å². The van der Waals surface area contributed by atoms with Crippen molar-refractivity contribution >= 4 is 34.2 Å². The number of aromatic amines is 1. The van der Waals surface area contributed by atoms with Crippen LogP contribution in [-0.2, 0) is 6.54 Å². The van der Waals surface area contributed by atoms with Crippen molar-refractivity contribution in [3.8, 4) is 0 Å². The minimum absolute atomic E-state index is 0.187. The average Bonchev–Trinajstić information content (AvgIpc) is 2.58. The highest BCUT2D eigenvalue weighted by Gasteiger charge is 2.13. The van der Waals surface area contributed by atoms with Crippen molar-refractivity contribution in [1.29, 1.82) is 0 Å². The number of para-hydroxylation sites is 1. The van der Waals surface area contributed by atoms with Gasteiger partial charge >= 0.3 is 6.03 Å². The van der Waals surface area contributed by atoms with Crippen molar-refractivity contribution in [3.63, 3.8) is 0 Å². The molecule has 1 aromatic heterocycles. The fraction of sp³-hybridized carbons (Fsp3) is 0.158. The first-order chi connectivity index (χ1) is 12.0. The van der Waals surface area contributed by atoms with Crippen LogP contribution in [0.4, 0.5) is 10.5 Å². The molecule has 6 heteroatoms. The summed E-state index contributed by atoms with van der Waals surface area (Å²) in [4.78, 5) is 28.7. The Hall–Kier alpha value is -2.79. The zero-order valence-corrected chi connectivity index (χ0v) is 14.7. The van der Waals surface area contributed by atoms with E-state index in [4.69, 9.17) is 11.6 Å². The normalized spacial score (nSPS) is 10.7. The number of anilines is 1. The first-order valence-electron chi connectivity index (χ1n) is 7.84. The molecule has 0 saturated carbocycles. The number of amides is 2. The van der Waals surface area contributed by atoms with E-state index in [9.17, 15) is 9.59 Å². The molecule has 0 spiro atoms. The predicted molar refractivity (Wildman–Crippen MR) is 101 cm³/mol. The molecule has 0 aliphatic carbocycles. The SMILES string of the molecule is Cc1c(Cl)cccc1NC(=O)N(C)Cc1cc(=O)[nH]c2ccccc12. The smallest absolute Gasteiger partial charge is 0.321 e. The second kappa shape index (κ2) is 6.99. The van der Waals surface area contributed by atoms with E-state index in [-0.39, 0.29) is 11.6 Å². The van der Waals surface area contributed by atoms with Gasteiger partial charge in [0.15, 0.2) is 0 Å². The van der Waals surface area contributed by atoms with E-state index in [1.807, 2.05) is 31.2 Å². The number of halogens is 1. The zero-order chi connectivity index (χ0) is 18.0. The Morgan fingerprint density at radius 1 is 1.20 bits per heavy atom. The van der Waals surface area contributed by atoms with Gasteiger partial charge in [0, 0.05) is 41.3 Å². The lowest BCUT2D eigenvalue weighted by atomic mass is 10.1. The zero-order valence-electron chi connectivity index (χ0n) is 14.0. The second-order valence-electron chi connectivity index (χ2n) is 5.90. The van der Waals surface area contributed by atoms with E-state index in [0.29, 0.717) is 17.3 Å². The molecule has 0 saturated heterocycles. The number of benzene rings is 2. The third-order valence-electron chi connectivity index (χ3n) is 4.10. The number of hydrogen-bond donors (Lipinski definition) is 2. The summed E-state index contributed by atoms with van der Waals surface area (Å²) in [7, 11) is 1.69. The maximum atomic E-state index is 12.5. The summed E-state index contributed by atoms with van der Waals surface area (Å²) >= 11 is 6.09. The Balaban J connectivity index is 1.82. The lowest BCUT2D eigenvalue weighted by Gasteiger charge is -2.20. The topological polar surface area (TPSA) is 65.2 Å². The van der Waals surface area contributed by atoms with Crippen LogP contribution in [0.1, 0.15) is 11.1 Å².